The smallest absolute Gasteiger partial charge is 0.408 e. The normalized spacial score (nSPS) is 20.8. The summed E-state index contributed by atoms with van der Waals surface area (Å²) in [5.74, 6) is -0.602. The average Bonchev–Trinajstić information content (AvgIpc) is 3.02. The minimum Gasteiger partial charge on any atom is -0.408 e. The maximum absolute atomic E-state index is 12.5. The lowest BCUT2D eigenvalue weighted by Crippen LogP contribution is -2.30. The van der Waals surface area contributed by atoms with Gasteiger partial charge in [-0.25, -0.2) is 13.2 Å². The highest BCUT2D eigenvalue weighted by Gasteiger charge is 2.32. The quantitative estimate of drug-likeness (QED) is 0.892. The van der Waals surface area contributed by atoms with Crippen LogP contribution in [-0.4, -0.2) is 44.0 Å². The lowest BCUT2D eigenvalue weighted by Gasteiger charge is -2.16. The molecule has 0 saturated carbocycles. The van der Waals surface area contributed by atoms with Crippen molar-refractivity contribution in [2.24, 2.45) is 0 Å². The van der Waals surface area contributed by atoms with Gasteiger partial charge in [0.05, 0.1) is 16.5 Å². The summed E-state index contributed by atoms with van der Waals surface area (Å²) in [5, 5.41) is 0. The van der Waals surface area contributed by atoms with E-state index in [4.69, 9.17) is 9.15 Å². The second kappa shape index (κ2) is 4.72. The van der Waals surface area contributed by atoms with Gasteiger partial charge < -0.3 is 9.15 Å². The third kappa shape index (κ3) is 2.15. The van der Waals surface area contributed by atoms with E-state index in [1.165, 1.54) is 22.5 Å². The highest BCUT2D eigenvalue weighted by Crippen LogP contribution is 2.24. The number of hydrogen-bond acceptors (Lipinski definition) is 5. The number of nitrogens with one attached hydrogen (secondary N) is 1. The monoisotopic (exact) mass is 298 g/mol. The summed E-state index contributed by atoms with van der Waals surface area (Å²) in [7, 11) is -2.02. The molecule has 2 heterocycles. The predicted octanol–water partition coefficient (Wildman–Crippen LogP) is 0.530. The fourth-order valence-corrected chi connectivity index (χ4v) is 3.85. The summed E-state index contributed by atoms with van der Waals surface area (Å²) < 4.78 is 36.4. The first-order valence-corrected chi connectivity index (χ1v) is 7.60. The molecule has 1 aliphatic heterocycles. The summed E-state index contributed by atoms with van der Waals surface area (Å²) in [5.41, 5.74) is 0.712. The molecule has 20 heavy (non-hydrogen) atoms. The van der Waals surface area contributed by atoms with Crippen molar-refractivity contribution < 1.29 is 17.6 Å². The topological polar surface area (TPSA) is 92.6 Å². The molecule has 3 rings (SSSR count). The second-order valence-electron chi connectivity index (χ2n) is 4.68. The number of sulfonamides is 1. The van der Waals surface area contributed by atoms with E-state index in [2.05, 4.69) is 4.98 Å². The van der Waals surface area contributed by atoms with Crippen molar-refractivity contribution in [3.8, 4) is 0 Å². The molecule has 1 aliphatic rings. The van der Waals surface area contributed by atoms with E-state index in [0.29, 0.717) is 25.0 Å². The van der Waals surface area contributed by atoms with Crippen LogP contribution in [0.3, 0.4) is 0 Å². The third-order valence-corrected chi connectivity index (χ3v) is 5.33. The summed E-state index contributed by atoms with van der Waals surface area (Å²) in [6.07, 6.45) is 0.607. The van der Waals surface area contributed by atoms with Crippen LogP contribution in [0.5, 0.6) is 0 Å². The van der Waals surface area contributed by atoms with Gasteiger partial charge in [0.1, 0.15) is 0 Å². The van der Waals surface area contributed by atoms with Crippen LogP contribution in [0.15, 0.2) is 32.3 Å². The molecule has 1 fully saturated rings. The Kier molecular flexibility index (Phi) is 3.15. The first-order chi connectivity index (χ1) is 9.50. The van der Waals surface area contributed by atoms with Gasteiger partial charge in [-0.1, -0.05) is 0 Å². The van der Waals surface area contributed by atoms with Crippen LogP contribution in [0.25, 0.3) is 11.1 Å². The van der Waals surface area contributed by atoms with E-state index in [-0.39, 0.29) is 16.6 Å². The number of oxazole rings is 1. The number of fused-ring (bicyclic) bond motifs is 1. The van der Waals surface area contributed by atoms with Gasteiger partial charge in [0.15, 0.2) is 5.58 Å². The highest BCUT2D eigenvalue weighted by molar-refractivity contribution is 7.89. The number of hydrogen-bond donors (Lipinski definition) is 1. The molecule has 1 saturated heterocycles. The molecule has 0 bridgehead atoms. The first-order valence-electron chi connectivity index (χ1n) is 6.16. The van der Waals surface area contributed by atoms with Gasteiger partial charge in [-0.2, -0.15) is 4.31 Å². The van der Waals surface area contributed by atoms with E-state index in [9.17, 15) is 13.2 Å². The minimum atomic E-state index is -3.59. The Labute approximate surface area is 115 Å². The minimum absolute atomic E-state index is 0.0707. The summed E-state index contributed by atoms with van der Waals surface area (Å²) in [6, 6.07) is 4.35. The zero-order valence-corrected chi connectivity index (χ0v) is 11.6. The number of benzene rings is 1. The number of aromatic amines is 1. The predicted molar refractivity (Wildman–Crippen MR) is 71.0 cm³/mol. The number of aromatic nitrogens is 1. The first kappa shape index (κ1) is 13.3. The van der Waals surface area contributed by atoms with E-state index in [1.807, 2.05) is 0 Å². The fourth-order valence-electron chi connectivity index (χ4n) is 2.34. The van der Waals surface area contributed by atoms with Crippen molar-refractivity contribution in [1.82, 2.24) is 9.29 Å². The van der Waals surface area contributed by atoms with Crippen molar-refractivity contribution in [2.75, 3.05) is 20.2 Å². The average molecular weight is 298 g/mol. The van der Waals surface area contributed by atoms with Crippen LogP contribution in [0, 0.1) is 0 Å². The van der Waals surface area contributed by atoms with Crippen molar-refractivity contribution in [1.29, 1.82) is 0 Å². The number of ether oxygens (including phenoxy) is 1. The Balaban J connectivity index is 1.98. The van der Waals surface area contributed by atoms with Gasteiger partial charge in [-0.3, -0.25) is 4.98 Å². The molecular weight excluding hydrogens is 284 g/mol. The molecule has 8 heteroatoms. The highest BCUT2D eigenvalue weighted by atomic mass is 32.2. The summed E-state index contributed by atoms with van der Waals surface area (Å²) in [4.78, 5) is 13.7. The Bertz CT molecular complexity index is 792. The number of nitrogens with zero attached hydrogens (tertiary/aromatic N) is 1. The summed E-state index contributed by atoms with van der Waals surface area (Å²) in [6.45, 7) is 0.768. The molecule has 1 atom stereocenters. The van der Waals surface area contributed by atoms with Crippen LogP contribution < -0.4 is 5.76 Å². The van der Waals surface area contributed by atoms with Gasteiger partial charge in [0.2, 0.25) is 10.0 Å². The van der Waals surface area contributed by atoms with E-state index in [0.717, 1.165) is 0 Å². The Morgan fingerprint density at radius 1 is 1.45 bits per heavy atom. The molecule has 0 radical (unpaired) electrons. The lowest BCUT2D eigenvalue weighted by molar-refractivity contribution is 0.115. The number of rotatable bonds is 3. The third-order valence-electron chi connectivity index (χ3n) is 3.47. The number of H-pyrrole nitrogens is 1. The van der Waals surface area contributed by atoms with Gasteiger partial charge in [0.25, 0.3) is 0 Å². The number of methoxy groups -OCH3 is 1. The van der Waals surface area contributed by atoms with Crippen LogP contribution in [0.4, 0.5) is 0 Å². The molecule has 0 aliphatic carbocycles. The molecule has 1 aromatic heterocycles. The second-order valence-corrected chi connectivity index (χ2v) is 6.62. The Morgan fingerprint density at radius 3 is 2.95 bits per heavy atom. The van der Waals surface area contributed by atoms with Crippen LogP contribution in [-0.2, 0) is 14.8 Å². The van der Waals surface area contributed by atoms with Gasteiger partial charge in [-0.15, -0.1) is 0 Å². The molecule has 1 unspecified atom stereocenters. The SMILES string of the molecule is COC1CCN(S(=O)(=O)c2ccc3[nH]c(=O)oc3c2)C1. The maximum atomic E-state index is 12.5. The van der Waals surface area contributed by atoms with Crippen LogP contribution in [0.1, 0.15) is 6.42 Å². The molecule has 0 spiro atoms. The van der Waals surface area contributed by atoms with Crippen LogP contribution in [0.2, 0.25) is 0 Å². The largest absolute Gasteiger partial charge is 0.417 e. The Hall–Kier alpha value is -1.64. The molecule has 1 aromatic carbocycles. The van der Waals surface area contributed by atoms with E-state index >= 15 is 0 Å². The standard InChI is InChI=1S/C12H14N2O5S/c1-18-8-4-5-14(7-8)20(16,17)9-2-3-10-11(6-9)19-12(15)13-10/h2-3,6,8H,4-5,7H2,1H3,(H,13,15). The van der Waals surface area contributed by atoms with Crippen molar-refractivity contribution in [3.05, 3.63) is 28.7 Å². The fraction of sp³-hybridized carbons (Fsp3) is 0.417. The molecule has 108 valence electrons. The molecule has 0 amide bonds. The van der Waals surface area contributed by atoms with Crippen molar-refractivity contribution in [3.63, 3.8) is 0 Å². The molecular formula is C12H14N2O5S. The molecule has 7 nitrogen and oxygen atoms in total. The summed E-state index contributed by atoms with van der Waals surface area (Å²) >= 11 is 0. The van der Waals surface area contributed by atoms with E-state index < -0.39 is 15.8 Å². The lowest BCUT2D eigenvalue weighted by atomic mass is 10.3. The van der Waals surface area contributed by atoms with Crippen LogP contribution >= 0.6 is 0 Å². The van der Waals surface area contributed by atoms with Gasteiger partial charge >= 0.3 is 5.76 Å². The zero-order chi connectivity index (χ0) is 14.3. The zero-order valence-electron chi connectivity index (χ0n) is 10.8. The van der Waals surface area contributed by atoms with Crippen molar-refractivity contribution >= 4 is 21.1 Å². The van der Waals surface area contributed by atoms with Gasteiger partial charge in [-0.05, 0) is 18.6 Å². The molecule has 1 N–H and O–H groups in total. The van der Waals surface area contributed by atoms with Gasteiger partial charge in [0, 0.05) is 26.3 Å². The molecule has 2 aromatic rings. The maximum Gasteiger partial charge on any atom is 0.417 e. The Morgan fingerprint density at radius 2 is 2.25 bits per heavy atom. The van der Waals surface area contributed by atoms with E-state index in [1.54, 1.807) is 7.11 Å². The van der Waals surface area contributed by atoms with Crippen molar-refractivity contribution in [2.45, 2.75) is 17.4 Å².